The molecule has 0 bridgehead atoms. The Morgan fingerprint density at radius 3 is 3.05 bits per heavy atom. The fourth-order valence-electron chi connectivity index (χ4n) is 2.55. The summed E-state index contributed by atoms with van der Waals surface area (Å²) in [7, 11) is 1.98. The van der Waals surface area contributed by atoms with Gasteiger partial charge >= 0.3 is 0 Å². The van der Waals surface area contributed by atoms with Crippen LogP contribution >= 0.6 is 15.9 Å². The first-order valence-electron chi connectivity index (χ1n) is 6.47. The molecule has 0 unspecified atom stereocenters. The van der Waals surface area contributed by atoms with Crippen molar-refractivity contribution >= 4 is 38.4 Å². The third-order valence-corrected chi connectivity index (χ3v) is 4.15. The average Bonchev–Trinajstić information content (AvgIpc) is 2.87. The number of fused-ring (bicyclic) bond motifs is 3. The van der Waals surface area contributed by atoms with Crippen molar-refractivity contribution in [2.45, 2.75) is 6.04 Å². The highest BCUT2D eigenvalue weighted by molar-refractivity contribution is 9.10. The Bertz CT molecular complexity index is 792. The normalized spacial score (nSPS) is 16.0. The molecule has 1 aliphatic heterocycles. The van der Waals surface area contributed by atoms with Gasteiger partial charge in [-0.2, -0.15) is 14.6 Å². The number of hydrogen-bond donors (Lipinski definition) is 1. The van der Waals surface area contributed by atoms with Gasteiger partial charge in [-0.15, -0.1) is 0 Å². The van der Waals surface area contributed by atoms with Crippen LogP contribution in [0.1, 0.15) is 0 Å². The molecule has 1 saturated heterocycles. The maximum Gasteiger partial charge on any atom is 0.229 e. The van der Waals surface area contributed by atoms with E-state index in [4.69, 9.17) is 0 Å². The second-order valence-electron chi connectivity index (χ2n) is 4.96. The van der Waals surface area contributed by atoms with Crippen LogP contribution in [0.3, 0.4) is 0 Å². The zero-order valence-corrected chi connectivity index (χ0v) is 12.5. The third kappa shape index (κ3) is 1.70. The molecular weight excluding hydrogens is 320 g/mol. The third-order valence-electron chi connectivity index (χ3n) is 3.72. The van der Waals surface area contributed by atoms with E-state index >= 15 is 0 Å². The number of nitrogens with one attached hydrogen (secondary N) is 1. The monoisotopic (exact) mass is 332 g/mol. The van der Waals surface area contributed by atoms with Crippen LogP contribution in [0.15, 0.2) is 29.0 Å². The fourth-order valence-corrected chi connectivity index (χ4v) is 2.88. The summed E-state index contributed by atoms with van der Waals surface area (Å²) in [5.41, 5.74) is 1.79. The quantitative estimate of drug-likeness (QED) is 0.769. The summed E-state index contributed by atoms with van der Waals surface area (Å²) in [5.74, 6) is 0.860. The summed E-state index contributed by atoms with van der Waals surface area (Å²) in [6.45, 7) is 1.89. The van der Waals surface area contributed by atoms with Gasteiger partial charge in [0.25, 0.3) is 0 Å². The molecule has 0 saturated carbocycles. The van der Waals surface area contributed by atoms with Crippen LogP contribution in [0, 0.1) is 0 Å². The van der Waals surface area contributed by atoms with E-state index in [0.29, 0.717) is 6.04 Å². The second kappa shape index (κ2) is 4.39. The number of likely N-dealkylation sites (N-methyl/N-ethyl adjacent to an activating group) is 1. The van der Waals surface area contributed by atoms with Gasteiger partial charge in [-0.25, -0.2) is 4.98 Å². The van der Waals surface area contributed by atoms with Crippen LogP contribution < -0.4 is 10.2 Å². The molecule has 0 aromatic carbocycles. The summed E-state index contributed by atoms with van der Waals surface area (Å²) >= 11 is 3.46. The predicted octanol–water partition coefficient (Wildman–Crippen LogP) is 1.45. The molecule has 102 valence electrons. The first kappa shape index (κ1) is 12.0. The van der Waals surface area contributed by atoms with Crippen LogP contribution in [-0.2, 0) is 0 Å². The van der Waals surface area contributed by atoms with Gasteiger partial charge in [0, 0.05) is 35.2 Å². The molecule has 3 aromatic rings. The van der Waals surface area contributed by atoms with Crippen molar-refractivity contribution < 1.29 is 0 Å². The molecule has 0 atom stereocenters. The topological polar surface area (TPSA) is 58.3 Å². The van der Waals surface area contributed by atoms with Crippen molar-refractivity contribution in [3.63, 3.8) is 0 Å². The van der Waals surface area contributed by atoms with Gasteiger partial charge in [-0.1, -0.05) is 0 Å². The summed E-state index contributed by atoms with van der Waals surface area (Å²) in [6.07, 6.45) is 3.58. The van der Waals surface area contributed by atoms with Gasteiger partial charge in [0.1, 0.15) is 0 Å². The minimum absolute atomic E-state index is 0.524. The van der Waals surface area contributed by atoms with E-state index in [1.807, 2.05) is 23.7 Å². The second-order valence-corrected chi connectivity index (χ2v) is 5.87. The van der Waals surface area contributed by atoms with Crippen LogP contribution in [0.5, 0.6) is 0 Å². The summed E-state index contributed by atoms with van der Waals surface area (Å²) in [5, 5.41) is 8.67. The average molecular weight is 333 g/mol. The van der Waals surface area contributed by atoms with E-state index in [2.05, 4.69) is 41.2 Å². The molecule has 6 nitrogen and oxygen atoms in total. The van der Waals surface area contributed by atoms with Crippen LogP contribution in [0.25, 0.3) is 16.6 Å². The standard InChI is InChI=1S/C13H13BrN6/c1-15-9-6-19(7-9)13-18-12-10(4-8(14)5-16-12)11-2-3-17-20(11)13/h2-5,9,15H,6-7H2,1H3. The lowest BCUT2D eigenvalue weighted by atomic mass is 10.1. The van der Waals surface area contributed by atoms with Crippen molar-refractivity contribution in [1.82, 2.24) is 24.9 Å². The molecule has 1 fully saturated rings. The van der Waals surface area contributed by atoms with Crippen molar-refractivity contribution in [1.29, 1.82) is 0 Å². The van der Waals surface area contributed by atoms with Crippen molar-refractivity contribution in [2.24, 2.45) is 0 Å². The number of nitrogens with zero attached hydrogens (tertiary/aromatic N) is 5. The highest BCUT2D eigenvalue weighted by atomic mass is 79.9. The van der Waals surface area contributed by atoms with Crippen molar-refractivity contribution in [2.75, 3.05) is 25.0 Å². The number of anilines is 1. The molecule has 0 amide bonds. The van der Waals surface area contributed by atoms with Crippen LogP contribution in [0.4, 0.5) is 5.95 Å². The lowest BCUT2D eigenvalue weighted by molar-refractivity contribution is 0.440. The number of aromatic nitrogens is 4. The Kier molecular flexibility index (Phi) is 2.64. The molecule has 0 spiro atoms. The Morgan fingerprint density at radius 2 is 2.25 bits per heavy atom. The maximum absolute atomic E-state index is 4.67. The largest absolute Gasteiger partial charge is 0.337 e. The van der Waals surface area contributed by atoms with Crippen molar-refractivity contribution in [3.8, 4) is 0 Å². The summed E-state index contributed by atoms with van der Waals surface area (Å²) < 4.78 is 2.84. The fraction of sp³-hybridized carbons (Fsp3) is 0.308. The highest BCUT2D eigenvalue weighted by Crippen LogP contribution is 2.26. The molecule has 4 heterocycles. The Hall–Kier alpha value is -1.73. The smallest absolute Gasteiger partial charge is 0.229 e. The first-order valence-corrected chi connectivity index (χ1v) is 7.27. The molecule has 0 aliphatic carbocycles. The lowest BCUT2D eigenvalue weighted by Crippen LogP contribution is -2.58. The van der Waals surface area contributed by atoms with Crippen molar-refractivity contribution in [3.05, 3.63) is 29.0 Å². The van der Waals surface area contributed by atoms with E-state index in [-0.39, 0.29) is 0 Å². The number of pyridine rings is 1. The predicted molar refractivity (Wildman–Crippen MR) is 81.0 cm³/mol. The minimum Gasteiger partial charge on any atom is -0.337 e. The molecule has 1 aliphatic rings. The first-order chi connectivity index (χ1) is 9.76. The van der Waals surface area contributed by atoms with E-state index in [1.54, 1.807) is 12.4 Å². The molecule has 1 N–H and O–H groups in total. The Balaban J connectivity index is 1.91. The van der Waals surface area contributed by atoms with Gasteiger partial charge < -0.3 is 10.2 Å². The molecule has 7 heteroatoms. The number of halogens is 1. The Morgan fingerprint density at radius 1 is 1.40 bits per heavy atom. The SMILES string of the molecule is CNC1CN(c2nc3ncc(Br)cc3c3ccnn23)C1. The zero-order valence-electron chi connectivity index (χ0n) is 10.9. The summed E-state index contributed by atoms with van der Waals surface area (Å²) in [4.78, 5) is 11.3. The van der Waals surface area contributed by atoms with E-state index < -0.39 is 0 Å². The van der Waals surface area contributed by atoms with Gasteiger partial charge in [0.05, 0.1) is 11.7 Å². The molecule has 20 heavy (non-hydrogen) atoms. The molecule has 4 rings (SSSR count). The van der Waals surface area contributed by atoms with E-state index in [1.165, 1.54) is 0 Å². The van der Waals surface area contributed by atoms with E-state index in [9.17, 15) is 0 Å². The zero-order chi connectivity index (χ0) is 13.7. The maximum atomic E-state index is 4.67. The number of rotatable bonds is 2. The number of hydrogen-bond acceptors (Lipinski definition) is 5. The molecule has 0 radical (unpaired) electrons. The molecule has 3 aromatic heterocycles. The lowest BCUT2D eigenvalue weighted by Gasteiger charge is -2.39. The van der Waals surface area contributed by atoms with Crippen LogP contribution in [-0.4, -0.2) is 45.8 Å². The Labute approximate surface area is 123 Å². The highest BCUT2D eigenvalue weighted by Gasteiger charge is 2.28. The van der Waals surface area contributed by atoms with Crippen LogP contribution in [0.2, 0.25) is 0 Å². The minimum atomic E-state index is 0.524. The summed E-state index contributed by atoms with van der Waals surface area (Å²) in [6, 6.07) is 4.55. The van der Waals surface area contributed by atoms with Gasteiger partial charge in [-0.3, -0.25) is 0 Å². The van der Waals surface area contributed by atoms with Gasteiger partial charge in [0.15, 0.2) is 5.65 Å². The van der Waals surface area contributed by atoms with E-state index in [0.717, 1.165) is 40.1 Å². The van der Waals surface area contributed by atoms with Gasteiger partial charge in [0.2, 0.25) is 5.95 Å². The van der Waals surface area contributed by atoms with Gasteiger partial charge in [-0.05, 0) is 35.1 Å². The molecular formula is C13H13BrN6.